The molecular weight excluding hydrogens is 226 g/mol. The van der Waals surface area contributed by atoms with Gasteiger partial charge >= 0.3 is 0 Å². The normalized spacial score (nSPS) is 17.4. The van der Waals surface area contributed by atoms with Gasteiger partial charge in [0.05, 0.1) is 11.1 Å². The quantitative estimate of drug-likeness (QED) is 0.746. The fraction of sp³-hybridized carbons (Fsp3) is 0.545. The fourth-order valence-electron chi connectivity index (χ4n) is 1.63. The number of nitrogens with one attached hydrogen (secondary N) is 1. The van der Waals surface area contributed by atoms with Gasteiger partial charge in [-0.2, -0.15) is 0 Å². The van der Waals surface area contributed by atoms with Crippen LogP contribution in [0.4, 0.5) is 5.82 Å². The molecule has 1 aliphatic carbocycles. The van der Waals surface area contributed by atoms with E-state index in [0.29, 0.717) is 23.4 Å². The van der Waals surface area contributed by atoms with E-state index in [9.17, 15) is 5.11 Å². The number of nitrogens with zero attached hydrogens (tertiary/aromatic N) is 1. The molecule has 1 aromatic heterocycles. The van der Waals surface area contributed by atoms with Crippen molar-refractivity contribution in [3.05, 3.63) is 22.3 Å². The topological polar surface area (TPSA) is 71.2 Å². The van der Waals surface area contributed by atoms with Gasteiger partial charge in [0.2, 0.25) is 0 Å². The molecule has 1 saturated carbocycles. The molecule has 0 spiro atoms. The first-order valence-electron chi connectivity index (χ1n) is 5.42. The van der Waals surface area contributed by atoms with Crippen LogP contribution in [0.2, 0.25) is 5.02 Å². The van der Waals surface area contributed by atoms with E-state index in [-0.39, 0.29) is 0 Å². The molecule has 0 radical (unpaired) electrons. The zero-order chi connectivity index (χ0) is 11.7. The molecular formula is C11H16ClN3O. The van der Waals surface area contributed by atoms with Gasteiger partial charge in [0.25, 0.3) is 0 Å². The molecule has 0 saturated heterocycles. The van der Waals surface area contributed by atoms with Crippen molar-refractivity contribution in [2.24, 2.45) is 0 Å². The van der Waals surface area contributed by atoms with E-state index in [1.807, 2.05) is 6.92 Å². The predicted octanol–water partition coefficient (Wildman–Crippen LogP) is 1.41. The number of hydrogen-bond donors (Lipinski definition) is 3. The second-order valence-corrected chi connectivity index (χ2v) is 4.64. The Bertz CT molecular complexity index is 393. The number of anilines is 1. The first-order valence-corrected chi connectivity index (χ1v) is 5.79. The summed E-state index contributed by atoms with van der Waals surface area (Å²) in [5.74, 6) is 0.310. The third-order valence-corrected chi connectivity index (χ3v) is 3.07. The Morgan fingerprint density at radius 2 is 2.38 bits per heavy atom. The van der Waals surface area contributed by atoms with Crippen LogP contribution in [0.15, 0.2) is 6.07 Å². The number of pyridine rings is 1. The molecule has 1 fully saturated rings. The van der Waals surface area contributed by atoms with E-state index in [4.69, 9.17) is 17.3 Å². The van der Waals surface area contributed by atoms with E-state index in [1.54, 1.807) is 6.07 Å². The number of aliphatic hydroxyl groups excluding tert-OH is 1. The van der Waals surface area contributed by atoms with Crippen LogP contribution in [0.5, 0.6) is 0 Å². The summed E-state index contributed by atoms with van der Waals surface area (Å²) in [5, 5.41) is 13.6. The van der Waals surface area contributed by atoms with Crippen molar-refractivity contribution in [2.45, 2.75) is 31.9 Å². The van der Waals surface area contributed by atoms with Crippen molar-refractivity contribution < 1.29 is 5.11 Å². The maximum Gasteiger partial charge on any atom is 0.142 e. The number of hydrogen-bond acceptors (Lipinski definition) is 4. The first-order chi connectivity index (χ1) is 7.58. The van der Waals surface area contributed by atoms with Crippen LogP contribution in [-0.4, -0.2) is 22.7 Å². The lowest BCUT2D eigenvalue weighted by atomic mass is 10.1. The Hall–Kier alpha value is -0.840. The lowest BCUT2D eigenvalue weighted by Crippen LogP contribution is -2.24. The largest absolute Gasteiger partial charge is 0.387 e. The number of aryl methyl sites for hydroxylation is 1. The van der Waals surface area contributed by atoms with Gasteiger partial charge in [-0.15, -0.1) is 0 Å². The third-order valence-electron chi connectivity index (χ3n) is 2.77. The minimum atomic E-state index is -0.578. The molecule has 1 aromatic rings. The van der Waals surface area contributed by atoms with Crippen LogP contribution >= 0.6 is 11.6 Å². The zero-order valence-electron chi connectivity index (χ0n) is 9.20. The van der Waals surface area contributed by atoms with Crippen LogP contribution in [0.25, 0.3) is 0 Å². The van der Waals surface area contributed by atoms with Gasteiger partial charge in [-0.05, 0) is 25.8 Å². The summed E-state index contributed by atoms with van der Waals surface area (Å²) >= 11 is 5.89. The van der Waals surface area contributed by atoms with E-state index in [1.165, 1.54) is 12.8 Å². The number of nitrogens with two attached hydrogens (primary N) is 1. The molecule has 0 aliphatic heterocycles. The lowest BCUT2D eigenvalue weighted by molar-refractivity contribution is 0.173. The monoisotopic (exact) mass is 241 g/mol. The minimum absolute atomic E-state index is 0.310. The van der Waals surface area contributed by atoms with Crippen molar-refractivity contribution in [3.63, 3.8) is 0 Å². The SMILES string of the molecule is Cc1nc(N)c(Cl)cc1[C@@H](O)CNC1CC1. The van der Waals surface area contributed by atoms with E-state index in [2.05, 4.69) is 10.3 Å². The number of aliphatic hydroxyl groups is 1. The van der Waals surface area contributed by atoms with Crippen molar-refractivity contribution >= 4 is 17.4 Å². The van der Waals surface area contributed by atoms with Gasteiger partial charge in [-0.3, -0.25) is 0 Å². The second kappa shape index (κ2) is 4.57. The minimum Gasteiger partial charge on any atom is -0.387 e. The smallest absolute Gasteiger partial charge is 0.142 e. The highest BCUT2D eigenvalue weighted by atomic mass is 35.5. The van der Waals surface area contributed by atoms with Crippen LogP contribution < -0.4 is 11.1 Å². The highest BCUT2D eigenvalue weighted by molar-refractivity contribution is 6.32. The molecule has 88 valence electrons. The first kappa shape index (κ1) is 11.6. The Balaban J connectivity index is 2.08. The standard InChI is InChI=1S/C11H16ClN3O/c1-6-8(4-9(12)11(13)15-6)10(16)5-14-7-2-3-7/h4,7,10,14,16H,2-3,5H2,1H3,(H2,13,15)/t10-/m0/s1. The van der Waals surface area contributed by atoms with Crippen molar-refractivity contribution in [1.82, 2.24) is 10.3 Å². The van der Waals surface area contributed by atoms with E-state index < -0.39 is 6.10 Å². The highest BCUT2D eigenvalue weighted by Gasteiger charge is 2.22. The molecule has 4 nitrogen and oxygen atoms in total. The molecule has 0 aromatic carbocycles. The maximum absolute atomic E-state index is 9.99. The average molecular weight is 242 g/mol. The summed E-state index contributed by atoms with van der Waals surface area (Å²) in [5.41, 5.74) is 7.05. The summed E-state index contributed by atoms with van der Waals surface area (Å²) in [6, 6.07) is 2.27. The molecule has 1 atom stereocenters. The van der Waals surface area contributed by atoms with Crippen molar-refractivity contribution in [1.29, 1.82) is 0 Å². The van der Waals surface area contributed by atoms with Gasteiger partial charge in [-0.25, -0.2) is 4.98 Å². The van der Waals surface area contributed by atoms with E-state index in [0.717, 1.165) is 11.3 Å². The molecule has 4 N–H and O–H groups in total. The summed E-state index contributed by atoms with van der Waals surface area (Å²) in [6.45, 7) is 2.36. The van der Waals surface area contributed by atoms with Crippen LogP contribution in [0.1, 0.15) is 30.2 Å². The van der Waals surface area contributed by atoms with Crippen LogP contribution in [-0.2, 0) is 0 Å². The molecule has 1 aliphatic rings. The van der Waals surface area contributed by atoms with Crippen LogP contribution in [0, 0.1) is 6.92 Å². The fourth-order valence-corrected chi connectivity index (χ4v) is 1.79. The molecule has 5 heteroatoms. The van der Waals surface area contributed by atoms with E-state index >= 15 is 0 Å². The Morgan fingerprint density at radius 3 is 3.00 bits per heavy atom. The lowest BCUT2D eigenvalue weighted by Gasteiger charge is -2.14. The van der Waals surface area contributed by atoms with Crippen molar-refractivity contribution in [2.75, 3.05) is 12.3 Å². The maximum atomic E-state index is 9.99. The average Bonchev–Trinajstić information content (AvgIpc) is 3.03. The molecule has 0 bridgehead atoms. The second-order valence-electron chi connectivity index (χ2n) is 4.23. The van der Waals surface area contributed by atoms with Gasteiger partial charge in [0, 0.05) is 23.8 Å². The number of aromatic nitrogens is 1. The van der Waals surface area contributed by atoms with Gasteiger partial charge < -0.3 is 16.2 Å². The summed E-state index contributed by atoms with van der Waals surface area (Å²) in [6.07, 6.45) is 1.82. The highest BCUT2D eigenvalue weighted by Crippen LogP contribution is 2.25. The third kappa shape index (κ3) is 2.64. The summed E-state index contributed by atoms with van der Waals surface area (Å²) < 4.78 is 0. The molecule has 0 unspecified atom stereocenters. The van der Waals surface area contributed by atoms with Gasteiger partial charge in [0.1, 0.15) is 5.82 Å². The predicted molar refractivity (Wildman–Crippen MR) is 64.4 cm³/mol. The zero-order valence-corrected chi connectivity index (χ0v) is 9.96. The Morgan fingerprint density at radius 1 is 1.69 bits per heavy atom. The van der Waals surface area contributed by atoms with Gasteiger partial charge in [-0.1, -0.05) is 11.6 Å². The summed E-state index contributed by atoms with van der Waals surface area (Å²) in [4.78, 5) is 4.09. The van der Waals surface area contributed by atoms with Crippen molar-refractivity contribution in [3.8, 4) is 0 Å². The number of halogens is 1. The number of rotatable bonds is 4. The van der Waals surface area contributed by atoms with Gasteiger partial charge in [0.15, 0.2) is 0 Å². The Kier molecular flexibility index (Phi) is 3.33. The summed E-state index contributed by atoms with van der Waals surface area (Å²) in [7, 11) is 0. The molecule has 1 heterocycles. The molecule has 16 heavy (non-hydrogen) atoms. The van der Waals surface area contributed by atoms with Crippen LogP contribution in [0.3, 0.4) is 0 Å². The number of nitrogen functional groups attached to an aromatic ring is 1. The Labute approximate surface area is 99.8 Å². The molecule has 0 amide bonds. The molecule has 2 rings (SSSR count).